The van der Waals surface area contributed by atoms with Crippen LogP contribution in [0.5, 0.6) is 5.75 Å². The molecule has 0 saturated heterocycles. The van der Waals surface area contributed by atoms with E-state index in [0.29, 0.717) is 5.92 Å². The standard InChI is InChI=1S/C17H18BrNO/c1-20-17-7-6-12(8-16(17)18)10-19-11-14-9-13-4-2-3-5-15(13)14/h2-8,14,19H,9-11H2,1H3. The average Bonchev–Trinajstić information content (AvgIpc) is 2.44. The topological polar surface area (TPSA) is 21.3 Å². The van der Waals surface area contributed by atoms with Gasteiger partial charge in [0.2, 0.25) is 0 Å². The smallest absolute Gasteiger partial charge is 0.133 e. The molecule has 0 amide bonds. The Hall–Kier alpha value is -1.32. The highest BCUT2D eigenvalue weighted by molar-refractivity contribution is 9.10. The summed E-state index contributed by atoms with van der Waals surface area (Å²) in [6, 6.07) is 14.9. The molecule has 0 fully saturated rings. The predicted molar refractivity (Wildman–Crippen MR) is 85.3 cm³/mol. The van der Waals surface area contributed by atoms with E-state index in [1.807, 2.05) is 6.07 Å². The highest BCUT2D eigenvalue weighted by Crippen LogP contribution is 2.34. The van der Waals surface area contributed by atoms with Gasteiger partial charge in [0.15, 0.2) is 0 Å². The van der Waals surface area contributed by atoms with E-state index in [1.54, 1.807) is 7.11 Å². The van der Waals surface area contributed by atoms with Crippen LogP contribution in [0.15, 0.2) is 46.9 Å². The van der Waals surface area contributed by atoms with E-state index in [4.69, 9.17) is 4.74 Å². The molecule has 1 unspecified atom stereocenters. The molecule has 2 aromatic rings. The molecule has 0 radical (unpaired) electrons. The van der Waals surface area contributed by atoms with Gasteiger partial charge in [-0.05, 0) is 51.2 Å². The van der Waals surface area contributed by atoms with Gasteiger partial charge in [-0.1, -0.05) is 30.3 Å². The number of halogens is 1. The second-order valence-electron chi connectivity index (χ2n) is 5.20. The predicted octanol–water partition coefficient (Wildman–Crippen LogP) is 3.89. The molecule has 0 saturated carbocycles. The number of benzene rings is 2. The van der Waals surface area contributed by atoms with Crippen LogP contribution in [0.1, 0.15) is 22.6 Å². The van der Waals surface area contributed by atoms with Crippen LogP contribution in [-0.4, -0.2) is 13.7 Å². The summed E-state index contributed by atoms with van der Waals surface area (Å²) in [5.74, 6) is 1.55. The molecule has 2 aromatic carbocycles. The second-order valence-corrected chi connectivity index (χ2v) is 6.05. The van der Waals surface area contributed by atoms with Crippen molar-refractivity contribution in [2.75, 3.05) is 13.7 Å². The van der Waals surface area contributed by atoms with Crippen LogP contribution in [0.3, 0.4) is 0 Å². The van der Waals surface area contributed by atoms with Gasteiger partial charge in [-0.15, -0.1) is 0 Å². The van der Waals surface area contributed by atoms with E-state index in [-0.39, 0.29) is 0 Å². The number of nitrogens with one attached hydrogen (secondary N) is 1. The molecule has 3 heteroatoms. The van der Waals surface area contributed by atoms with Crippen LogP contribution in [0.2, 0.25) is 0 Å². The van der Waals surface area contributed by atoms with Gasteiger partial charge in [0, 0.05) is 19.0 Å². The van der Waals surface area contributed by atoms with Gasteiger partial charge in [0.05, 0.1) is 11.6 Å². The van der Waals surface area contributed by atoms with Crippen LogP contribution in [0, 0.1) is 0 Å². The van der Waals surface area contributed by atoms with Crippen LogP contribution in [0.4, 0.5) is 0 Å². The molecule has 104 valence electrons. The molecular weight excluding hydrogens is 314 g/mol. The molecule has 0 aliphatic heterocycles. The highest BCUT2D eigenvalue weighted by atomic mass is 79.9. The largest absolute Gasteiger partial charge is 0.496 e. The SMILES string of the molecule is COc1ccc(CNCC2Cc3ccccc32)cc1Br. The second kappa shape index (κ2) is 5.98. The van der Waals surface area contributed by atoms with Crippen molar-refractivity contribution in [1.29, 1.82) is 0 Å². The van der Waals surface area contributed by atoms with Gasteiger partial charge in [-0.3, -0.25) is 0 Å². The van der Waals surface area contributed by atoms with Crippen molar-refractivity contribution in [3.63, 3.8) is 0 Å². The van der Waals surface area contributed by atoms with Crippen molar-refractivity contribution in [1.82, 2.24) is 5.32 Å². The van der Waals surface area contributed by atoms with Crippen molar-refractivity contribution in [2.24, 2.45) is 0 Å². The van der Waals surface area contributed by atoms with Crippen LogP contribution in [0.25, 0.3) is 0 Å². The Balaban J connectivity index is 1.53. The fourth-order valence-corrected chi connectivity index (χ4v) is 3.34. The Labute approximate surface area is 128 Å². The normalized spacial score (nSPS) is 16.4. The zero-order valence-electron chi connectivity index (χ0n) is 11.5. The summed E-state index contributed by atoms with van der Waals surface area (Å²) in [6.07, 6.45) is 1.20. The summed E-state index contributed by atoms with van der Waals surface area (Å²) < 4.78 is 6.25. The lowest BCUT2D eigenvalue weighted by Crippen LogP contribution is -2.28. The lowest BCUT2D eigenvalue weighted by Gasteiger charge is -2.30. The van der Waals surface area contributed by atoms with Crippen molar-refractivity contribution in [2.45, 2.75) is 18.9 Å². The maximum absolute atomic E-state index is 5.24. The first kappa shape index (κ1) is 13.7. The van der Waals surface area contributed by atoms with Gasteiger partial charge in [-0.2, -0.15) is 0 Å². The number of methoxy groups -OCH3 is 1. The number of rotatable bonds is 5. The van der Waals surface area contributed by atoms with E-state index < -0.39 is 0 Å². The monoisotopic (exact) mass is 331 g/mol. The highest BCUT2D eigenvalue weighted by Gasteiger charge is 2.24. The van der Waals surface area contributed by atoms with E-state index >= 15 is 0 Å². The van der Waals surface area contributed by atoms with E-state index in [9.17, 15) is 0 Å². The van der Waals surface area contributed by atoms with Crippen LogP contribution < -0.4 is 10.1 Å². The molecule has 20 heavy (non-hydrogen) atoms. The molecule has 0 spiro atoms. The molecule has 1 atom stereocenters. The first-order valence-electron chi connectivity index (χ1n) is 6.89. The van der Waals surface area contributed by atoms with Gasteiger partial charge < -0.3 is 10.1 Å². The third-order valence-corrected chi connectivity index (χ3v) is 4.52. The van der Waals surface area contributed by atoms with Gasteiger partial charge >= 0.3 is 0 Å². The molecule has 0 heterocycles. The summed E-state index contributed by atoms with van der Waals surface area (Å²) in [5, 5.41) is 3.55. The third-order valence-electron chi connectivity index (χ3n) is 3.90. The maximum Gasteiger partial charge on any atom is 0.133 e. The zero-order valence-corrected chi connectivity index (χ0v) is 13.1. The minimum Gasteiger partial charge on any atom is -0.496 e. The Morgan fingerprint density at radius 1 is 1.25 bits per heavy atom. The van der Waals surface area contributed by atoms with Crippen molar-refractivity contribution in [3.05, 3.63) is 63.6 Å². The zero-order chi connectivity index (χ0) is 13.9. The average molecular weight is 332 g/mol. The number of ether oxygens (including phenoxy) is 1. The van der Waals surface area contributed by atoms with Gasteiger partial charge in [0.25, 0.3) is 0 Å². The minimum atomic E-state index is 0.674. The number of hydrogen-bond donors (Lipinski definition) is 1. The Kier molecular flexibility index (Phi) is 4.08. The quantitative estimate of drug-likeness (QED) is 0.897. The Morgan fingerprint density at radius 2 is 2.10 bits per heavy atom. The van der Waals surface area contributed by atoms with E-state index in [0.717, 1.165) is 23.3 Å². The van der Waals surface area contributed by atoms with Gasteiger partial charge in [0.1, 0.15) is 5.75 Å². The molecule has 0 bridgehead atoms. The van der Waals surface area contributed by atoms with Crippen LogP contribution in [-0.2, 0) is 13.0 Å². The molecule has 3 rings (SSSR count). The van der Waals surface area contributed by atoms with Crippen molar-refractivity contribution in [3.8, 4) is 5.75 Å². The van der Waals surface area contributed by atoms with E-state index in [2.05, 4.69) is 57.6 Å². The molecule has 1 aliphatic carbocycles. The van der Waals surface area contributed by atoms with Gasteiger partial charge in [-0.25, -0.2) is 0 Å². The summed E-state index contributed by atoms with van der Waals surface area (Å²) in [5.41, 5.74) is 4.28. The lowest BCUT2D eigenvalue weighted by atomic mass is 9.77. The summed E-state index contributed by atoms with van der Waals surface area (Å²) in [4.78, 5) is 0. The van der Waals surface area contributed by atoms with E-state index in [1.165, 1.54) is 23.1 Å². The lowest BCUT2D eigenvalue weighted by molar-refractivity contribution is 0.412. The maximum atomic E-state index is 5.24. The summed E-state index contributed by atoms with van der Waals surface area (Å²) in [6.45, 7) is 1.93. The fraction of sp³-hybridized carbons (Fsp3) is 0.294. The molecule has 2 nitrogen and oxygen atoms in total. The van der Waals surface area contributed by atoms with Crippen molar-refractivity contribution < 1.29 is 4.74 Å². The molecular formula is C17H18BrNO. The Morgan fingerprint density at radius 3 is 2.85 bits per heavy atom. The molecule has 1 aliphatic rings. The van der Waals surface area contributed by atoms with Crippen LogP contribution >= 0.6 is 15.9 Å². The number of hydrogen-bond acceptors (Lipinski definition) is 2. The first-order chi connectivity index (χ1) is 9.78. The fourth-order valence-electron chi connectivity index (χ4n) is 2.76. The minimum absolute atomic E-state index is 0.674. The Bertz CT molecular complexity index is 612. The molecule has 0 aromatic heterocycles. The van der Waals surface area contributed by atoms with Crippen molar-refractivity contribution >= 4 is 15.9 Å². The summed E-state index contributed by atoms with van der Waals surface area (Å²) >= 11 is 3.52. The first-order valence-corrected chi connectivity index (χ1v) is 7.68. The third kappa shape index (κ3) is 2.74. The summed E-state index contributed by atoms with van der Waals surface area (Å²) in [7, 11) is 1.69. The molecule has 1 N–H and O–H groups in total. The number of fused-ring (bicyclic) bond motifs is 1.